The maximum Gasteiger partial charge on any atom is 0.266 e. The molecular weight excluding hydrogens is 491 g/mol. The Balaban J connectivity index is 1.69. The fourth-order valence-corrected chi connectivity index (χ4v) is 3.91. The topological polar surface area (TPSA) is 62.1 Å². The first-order valence-corrected chi connectivity index (χ1v) is 11.3. The minimum Gasteiger partial charge on any atom is -0.488 e. The van der Waals surface area contributed by atoms with E-state index in [0.717, 1.165) is 16.3 Å². The van der Waals surface area contributed by atoms with Crippen LogP contribution in [0.2, 0.25) is 15.1 Å². The molecule has 0 spiro atoms. The van der Waals surface area contributed by atoms with Crippen LogP contribution in [-0.2, 0) is 11.4 Å². The molecule has 0 atom stereocenters. The number of hydrogen-bond donors (Lipinski definition) is 1. The average molecular weight is 508 g/mol. The molecule has 7 heteroatoms. The molecule has 0 saturated heterocycles. The van der Waals surface area contributed by atoms with E-state index >= 15 is 0 Å². The lowest BCUT2D eigenvalue weighted by Crippen LogP contribution is -2.13. The van der Waals surface area contributed by atoms with Gasteiger partial charge in [0.1, 0.15) is 24.0 Å². The van der Waals surface area contributed by atoms with E-state index in [9.17, 15) is 10.1 Å². The Kier molecular flexibility index (Phi) is 7.40. The van der Waals surface area contributed by atoms with Gasteiger partial charge in [-0.1, -0.05) is 77.3 Å². The minimum atomic E-state index is -0.574. The van der Waals surface area contributed by atoms with E-state index in [4.69, 9.17) is 39.5 Å². The van der Waals surface area contributed by atoms with Gasteiger partial charge < -0.3 is 10.1 Å². The van der Waals surface area contributed by atoms with Gasteiger partial charge in [0.05, 0.1) is 10.0 Å². The second kappa shape index (κ2) is 10.6. The van der Waals surface area contributed by atoms with Gasteiger partial charge in [0.2, 0.25) is 0 Å². The van der Waals surface area contributed by atoms with Gasteiger partial charge in [-0.3, -0.25) is 4.79 Å². The van der Waals surface area contributed by atoms with Crippen LogP contribution in [0.5, 0.6) is 5.75 Å². The van der Waals surface area contributed by atoms with Crippen LogP contribution in [0.1, 0.15) is 11.1 Å². The van der Waals surface area contributed by atoms with Crippen LogP contribution in [-0.4, -0.2) is 5.91 Å². The third-order valence-corrected chi connectivity index (χ3v) is 6.02. The predicted octanol–water partition coefficient (Wildman–Crippen LogP) is 7.92. The summed E-state index contributed by atoms with van der Waals surface area (Å²) in [6.45, 7) is 0.275. The molecule has 168 valence electrons. The molecule has 0 aromatic heterocycles. The summed E-state index contributed by atoms with van der Waals surface area (Å²) in [6.07, 6.45) is 1.53. The van der Waals surface area contributed by atoms with Gasteiger partial charge in [0.15, 0.2) is 0 Å². The van der Waals surface area contributed by atoms with Gasteiger partial charge in [-0.05, 0) is 58.8 Å². The molecule has 4 aromatic rings. The molecule has 4 nitrogen and oxygen atoms in total. The van der Waals surface area contributed by atoms with Crippen molar-refractivity contribution in [2.45, 2.75) is 6.61 Å². The molecule has 0 unspecified atom stereocenters. The van der Waals surface area contributed by atoms with E-state index in [2.05, 4.69) is 5.32 Å². The van der Waals surface area contributed by atoms with E-state index in [-0.39, 0.29) is 12.2 Å². The smallest absolute Gasteiger partial charge is 0.266 e. The number of nitrogens with zero attached hydrogens (tertiary/aromatic N) is 1. The molecule has 0 heterocycles. The summed E-state index contributed by atoms with van der Waals surface area (Å²) in [4.78, 5) is 12.9. The van der Waals surface area contributed by atoms with Crippen LogP contribution in [0.15, 0.2) is 84.4 Å². The maximum atomic E-state index is 12.9. The van der Waals surface area contributed by atoms with Gasteiger partial charge in [-0.2, -0.15) is 5.26 Å². The first-order valence-electron chi connectivity index (χ1n) is 10.2. The quantitative estimate of drug-likeness (QED) is 0.213. The lowest BCUT2D eigenvalue weighted by Gasteiger charge is -2.13. The number of nitriles is 1. The summed E-state index contributed by atoms with van der Waals surface area (Å²) in [7, 11) is 0. The molecule has 0 aliphatic carbocycles. The highest BCUT2D eigenvalue weighted by Gasteiger charge is 2.14. The highest BCUT2D eigenvalue weighted by atomic mass is 35.5. The number of carbonyl (C=O) groups excluding carboxylic acids is 1. The number of halogens is 3. The minimum absolute atomic E-state index is 0.0879. The number of fused-ring (bicyclic) bond motifs is 1. The third-order valence-electron chi connectivity index (χ3n) is 5.05. The zero-order valence-electron chi connectivity index (χ0n) is 17.7. The second-order valence-corrected chi connectivity index (χ2v) is 8.62. The number of amides is 1. The lowest BCUT2D eigenvalue weighted by molar-refractivity contribution is -0.112. The molecule has 1 N–H and O–H groups in total. The van der Waals surface area contributed by atoms with E-state index in [1.807, 2.05) is 60.7 Å². The summed E-state index contributed by atoms with van der Waals surface area (Å²) in [5.41, 5.74) is 1.86. The third kappa shape index (κ3) is 5.52. The Labute approximate surface area is 211 Å². The fraction of sp³-hybridized carbons (Fsp3) is 0.0370. The highest BCUT2D eigenvalue weighted by Crippen LogP contribution is 2.31. The van der Waals surface area contributed by atoms with Gasteiger partial charge in [0, 0.05) is 16.3 Å². The average Bonchev–Trinajstić information content (AvgIpc) is 2.83. The molecule has 0 aliphatic rings. The molecule has 34 heavy (non-hydrogen) atoms. The molecule has 4 rings (SSSR count). The fourth-order valence-electron chi connectivity index (χ4n) is 3.40. The van der Waals surface area contributed by atoms with Crippen molar-refractivity contribution >= 4 is 63.2 Å². The molecule has 0 aliphatic heterocycles. The number of nitrogens with one attached hydrogen (secondary N) is 1. The second-order valence-electron chi connectivity index (χ2n) is 7.37. The van der Waals surface area contributed by atoms with Crippen LogP contribution in [0.3, 0.4) is 0 Å². The normalized spacial score (nSPS) is 11.2. The van der Waals surface area contributed by atoms with Crippen LogP contribution >= 0.6 is 34.8 Å². The van der Waals surface area contributed by atoms with Crippen molar-refractivity contribution in [2.75, 3.05) is 5.32 Å². The van der Waals surface area contributed by atoms with E-state index < -0.39 is 5.91 Å². The van der Waals surface area contributed by atoms with Gasteiger partial charge >= 0.3 is 0 Å². The summed E-state index contributed by atoms with van der Waals surface area (Å²) in [5.74, 6) is -0.0385. The van der Waals surface area contributed by atoms with Gasteiger partial charge in [0.25, 0.3) is 5.91 Å². The van der Waals surface area contributed by atoms with Crippen LogP contribution in [0.4, 0.5) is 5.69 Å². The monoisotopic (exact) mass is 506 g/mol. The number of rotatable bonds is 6. The van der Waals surface area contributed by atoms with Crippen LogP contribution in [0, 0.1) is 11.3 Å². The molecule has 1 amide bonds. The molecule has 0 bridgehead atoms. The predicted molar refractivity (Wildman–Crippen MR) is 138 cm³/mol. The van der Waals surface area contributed by atoms with Crippen LogP contribution < -0.4 is 10.1 Å². The molecule has 4 aromatic carbocycles. The number of benzene rings is 4. The Morgan fingerprint density at radius 3 is 2.53 bits per heavy atom. The lowest BCUT2D eigenvalue weighted by atomic mass is 10.0. The Morgan fingerprint density at radius 1 is 0.941 bits per heavy atom. The van der Waals surface area contributed by atoms with Crippen molar-refractivity contribution in [1.29, 1.82) is 5.26 Å². The zero-order chi connectivity index (χ0) is 24.1. The van der Waals surface area contributed by atoms with Crippen molar-refractivity contribution in [1.82, 2.24) is 0 Å². The zero-order valence-corrected chi connectivity index (χ0v) is 20.0. The van der Waals surface area contributed by atoms with E-state index in [0.29, 0.717) is 32.1 Å². The number of ether oxygens (including phenoxy) is 1. The van der Waals surface area contributed by atoms with Gasteiger partial charge in [-0.15, -0.1) is 0 Å². The molecule has 0 radical (unpaired) electrons. The van der Waals surface area contributed by atoms with Gasteiger partial charge in [-0.25, -0.2) is 0 Å². The number of hydrogen-bond acceptors (Lipinski definition) is 3. The molecule has 0 saturated carbocycles. The standard InChI is InChI=1S/C27H17Cl3N2O2/c28-20-6-3-4-17(12-20)16-34-26-11-8-18-5-1-2-7-22(18)23(26)13-19(15-31)27(33)32-21-9-10-24(29)25(30)14-21/h1-14H,16H2,(H,32,33)/b19-13+. The summed E-state index contributed by atoms with van der Waals surface area (Å²) in [6, 6.07) is 25.5. The van der Waals surface area contributed by atoms with Crippen LogP contribution in [0.25, 0.3) is 16.8 Å². The van der Waals surface area contributed by atoms with Crippen molar-refractivity contribution < 1.29 is 9.53 Å². The summed E-state index contributed by atoms with van der Waals surface area (Å²) >= 11 is 18.1. The first kappa shape index (κ1) is 23.7. The number of anilines is 1. The van der Waals surface area contributed by atoms with Crippen molar-refractivity contribution in [3.8, 4) is 11.8 Å². The SMILES string of the molecule is N#C/C(=C\c1c(OCc2cccc(Cl)c2)ccc2ccccc12)C(=O)Nc1ccc(Cl)c(Cl)c1. The Hall–Kier alpha value is -3.49. The Bertz CT molecular complexity index is 1460. The largest absolute Gasteiger partial charge is 0.488 e. The molecule has 0 fully saturated rings. The first-order chi connectivity index (χ1) is 16.4. The maximum absolute atomic E-state index is 12.9. The Morgan fingerprint density at radius 2 is 1.76 bits per heavy atom. The van der Waals surface area contributed by atoms with E-state index in [1.54, 1.807) is 18.2 Å². The highest BCUT2D eigenvalue weighted by molar-refractivity contribution is 6.42. The molecular formula is C27H17Cl3N2O2. The van der Waals surface area contributed by atoms with E-state index in [1.165, 1.54) is 12.1 Å². The van der Waals surface area contributed by atoms with Crippen molar-refractivity contribution in [3.05, 3.63) is 111 Å². The van der Waals surface area contributed by atoms with Crippen molar-refractivity contribution in [3.63, 3.8) is 0 Å². The summed E-state index contributed by atoms with van der Waals surface area (Å²) < 4.78 is 6.08. The number of carbonyl (C=O) groups is 1. The van der Waals surface area contributed by atoms with Crippen molar-refractivity contribution in [2.24, 2.45) is 0 Å². The summed E-state index contributed by atoms with van der Waals surface area (Å²) in [5, 5.41) is 15.5.